The number of hydrogen-bond acceptors (Lipinski definition) is 5. The van der Waals surface area contributed by atoms with Gasteiger partial charge in [-0.15, -0.1) is 11.6 Å². The predicted octanol–water partition coefficient (Wildman–Crippen LogP) is 3.20. The van der Waals surface area contributed by atoms with Crippen molar-refractivity contribution in [3.8, 4) is 11.8 Å². The van der Waals surface area contributed by atoms with Crippen molar-refractivity contribution < 1.29 is 13.9 Å². The van der Waals surface area contributed by atoms with Crippen LogP contribution < -0.4 is 15.2 Å². The highest BCUT2D eigenvalue weighted by molar-refractivity contribution is 6.33. The van der Waals surface area contributed by atoms with Gasteiger partial charge in [-0.25, -0.2) is 4.39 Å². The van der Waals surface area contributed by atoms with Crippen molar-refractivity contribution in [1.29, 1.82) is 0 Å². The SMILES string of the molecule is COc1cc(OC)nc(C(Cl)c2cc(F)cc(Cl)c2N)n1. The van der Waals surface area contributed by atoms with E-state index in [9.17, 15) is 4.39 Å². The summed E-state index contributed by atoms with van der Waals surface area (Å²) in [5.74, 6) is 0.151. The second-order valence-corrected chi connectivity index (χ2v) is 4.91. The van der Waals surface area contributed by atoms with E-state index in [1.54, 1.807) is 0 Å². The first-order chi connectivity index (χ1) is 9.96. The molecule has 1 unspecified atom stereocenters. The van der Waals surface area contributed by atoms with Gasteiger partial charge in [0.05, 0.1) is 31.0 Å². The van der Waals surface area contributed by atoms with Crippen molar-refractivity contribution in [3.05, 3.63) is 40.4 Å². The summed E-state index contributed by atoms with van der Waals surface area (Å²) in [4.78, 5) is 8.22. The van der Waals surface area contributed by atoms with Crippen LogP contribution in [0.4, 0.5) is 10.1 Å². The number of anilines is 1. The standard InChI is InChI=1S/C13H12Cl2FN3O2/c1-20-9-5-10(21-2)19-13(18-9)11(15)7-3-6(16)4-8(14)12(7)17/h3-5,11H,17H2,1-2H3. The Morgan fingerprint density at radius 1 is 1.14 bits per heavy atom. The molecule has 1 aromatic carbocycles. The van der Waals surface area contributed by atoms with Gasteiger partial charge in [-0.2, -0.15) is 9.97 Å². The van der Waals surface area contributed by atoms with Crippen LogP contribution in [0.3, 0.4) is 0 Å². The third-order valence-electron chi connectivity index (χ3n) is 2.74. The summed E-state index contributed by atoms with van der Waals surface area (Å²) < 4.78 is 23.6. The van der Waals surface area contributed by atoms with E-state index in [2.05, 4.69) is 9.97 Å². The lowest BCUT2D eigenvalue weighted by Gasteiger charge is -2.14. The number of rotatable bonds is 4. The van der Waals surface area contributed by atoms with Crippen LogP contribution in [-0.2, 0) is 0 Å². The first-order valence-corrected chi connectivity index (χ1v) is 6.63. The molecular formula is C13H12Cl2FN3O2. The van der Waals surface area contributed by atoms with E-state index in [0.717, 1.165) is 6.07 Å². The number of halogens is 3. The lowest BCUT2D eigenvalue weighted by atomic mass is 10.1. The molecule has 0 bridgehead atoms. The topological polar surface area (TPSA) is 70.3 Å². The molecule has 0 aliphatic rings. The van der Waals surface area contributed by atoms with Gasteiger partial charge in [0, 0.05) is 5.56 Å². The third kappa shape index (κ3) is 3.28. The molecule has 1 heterocycles. The van der Waals surface area contributed by atoms with Gasteiger partial charge in [0.25, 0.3) is 0 Å². The average molecular weight is 332 g/mol. The zero-order valence-electron chi connectivity index (χ0n) is 11.2. The molecule has 2 rings (SSSR count). The minimum atomic E-state index is -0.901. The Bertz CT molecular complexity index is 648. The van der Waals surface area contributed by atoms with E-state index in [0.29, 0.717) is 0 Å². The van der Waals surface area contributed by atoms with Crippen molar-refractivity contribution in [1.82, 2.24) is 9.97 Å². The number of hydrogen-bond donors (Lipinski definition) is 1. The first kappa shape index (κ1) is 15.6. The molecule has 8 heteroatoms. The van der Waals surface area contributed by atoms with Crippen LogP contribution in [0.25, 0.3) is 0 Å². The molecule has 0 aliphatic heterocycles. The molecule has 21 heavy (non-hydrogen) atoms. The van der Waals surface area contributed by atoms with Crippen molar-refractivity contribution in [2.75, 3.05) is 20.0 Å². The molecule has 0 radical (unpaired) electrons. The second kappa shape index (κ2) is 6.32. The van der Waals surface area contributed by atoms with Gasteiger partial charge in [0.2, 0.25) is 11.8 Å². The highest BCUT2D eigenvalue weighted by Gasteiger charge is 2.21. The molecule has 1 aromatic heterocycles. The number of benzene rings is 1. The fourth-order valence-corrected chi connectivity index (χ4v) is 2.19. The third-order valence-corrected chi connectivity index (χ3v) is 3.48. The summed E-state index contributed by atoms with van der Waals surface area (Å²) in [6, 6.07) is 3.79. The Balaban J connectivity index is 2.51. The minimum absolute atomic E-state index is 0.0745. The predicted molar refractivity (Wildman–Crippen MR) is 78.7 cm³/mol. The normalized spacial score (nSPS) is 12.0. The molecule has 0 amide bonds. The molecule has 0 saturated heterocycles. The number of alkyl halides is 1. The smallest absolute Gasteiger partial charge is 0.220 e. The molecule has 2 aromatic rings. The molecule has 1 atom stereocenters. The van der Waals surface area contributed by atoms with Crippen LogP contribution >= 0.6 is 23.2 Å². The van der Waals surface area contributed by atoms with Crippen LogP contribution in [-0.4, -0.2) is 24.2 Å². The Hall–Kier alpha value is -1.79. The number of aromatic nitrogens is 2. The van der Waals surface area contributed by atoms with Gasteiger partial charge in [-0.3, -0.25) is 0 Å². The largest absolute Gasteiger partial charge is 0.481 e. The Morgan fingerprint density at radius 2 is 1.71 bits per heavy atom. The Labute approximate surface area is 130 Å². The number of nitrogens with zero attached hydrogens (tertiary/aromatic N) is 2. The number of ether oxygens (including phenoxy) is 2. The number of nitrogens with two attached hydrogens (primary N) is 1. The summed E-state index contributed by atoms with van der Waals surface area (Å²) in [5, 5.41) is -0.826. The molecule has 5 nitrogen and oxygen atoms in total. The van der Waals surface area contributed by atoms with Gasteiger partial charge in [-0.1, -0.05) is 11.6 Å². The van der Waals surface area contributed by atoms with Gasteiger partial charge in [0.1, 0.15) is 11.2 Å². The summed E-state index contributed by atoms with van der Waals surface area (Å²) in [7, 11) is 2.89. The lowest BCUT2D eigenvalue weighted by Crippen LogP contribution is -2.07. The van der Waals surface area contributed by atoms with E-state index in [-0.39, 0.29) is 33.9 Å². The van der Waals surface area contributed by atoms with E-state index in [1.165, 1.54) is 26.4 Å². The van der Waals surface area contributed by atoms with E-state index in [1.807, 2.05) is 0 Å². The van der Waals surface area contributed by atoms with Crippen LogP contribution in [0.1, 0.15) is 16.8 Å². The molecule has 0 saturated carbocycles. The quantitative estimate of drug-likeness (QED) is 0.688. The van der Waals surface area contributed by atoms with Gasteiger partial charge >= 0.3 is 0 Å². The van der Waals surface area contributed by atoms with Crippen LogP contribution in [0, 0.1) is 5.82 Å². The molecule has 0 fully saturated rings. The summed E-state index contributed by atoms with van der Waals surface area (Å²) in [6.07, 6.45) is 0. The van der Waals surface area contributed by atoms with Gasteiger partial charge in [-0.05, 0) is 12.1 Å². The van der Waals surface area contributed by atoms with Crippen molar-refractivity contribution in [3.63, 3.8) is 0 Å². The van der Waals surface area contributed by atoms with Crippen molar-refractivity contribution >= 4 is 28.9 Å². The van der Waals surface area contributed by atoms with E-state index in [4.69, 9.17) is 38.4 Å². The Kier molecular flexibility index (Phi) is 4.69. The van der Waals surface area contributed by atoms with E-state index < -0.39 is 11.2 Å². The fraction of sp³-hybridized carbons (Fsp3) is 0.231. The highest BCUT2D eigenvalue weighted by atomic mass is 35.5. The molecule has 0 aliphatic carbocycles. The minimum Gasteiger partial charge on any atom is -0.481 e. The monoisotopic (exact) mass is 331 g/mol. The summed E-state index contributed by atoms with van der Waals surface area (Å²) >= 11 is 12.2. The maximum atomic E-state index is 13.5. The Morgan fingerprint density at radius 3 is 2.24 bits per heavy atom. The molecule has 112 valence electrons. The molecular weight excluding hydrogens is 320 g/mol. The second-order valence-electron chi connectivity index (χ2n) is 4.06. The zero-order valence-corrected chi connectivity index (χ0v) is 12.7. The van der Waals surface area contributed by atoms with Gasteiger partial charge < -0.3 is 15.2 Å². The summed E-state index contributed by atoms with van der Waals surface area (Å²) in [6.45, 7) is 0. The van der Waals surface area contributed by atoms with Gasteiger partial charge in [0.15, 0.2) is 5.82 Å². The maximum absolute atomic E-state index is 13.5. The van der Waals surface area contributed by atoms with Crippen molar-refractivity contribution in [2.24, 2.45) is 0 Å². The van der Waals surface area contributed by atoms with Crippen LogP contribution in [0.15, 0.2) is 18.2 Å². The molecule has 0 spiro atoms. The lowest BCUT2D eigenvalue weighted by molar-refractivity contribution is 0.368. The highest BCUT2D eigenvalue weighted by Crippen LogP contribution is 2.36. The maximum Gasteiger partial charge on any atom is 0.220 e. The fourth-order valence-electron chi connectivity index (χ4n) is 1.70. The number of nitrogen functional groups attached to an aromatic ring is 1. The van der Waals surface area contributed by atoms with Crippen LogP contribution in [0.5, 0.6) is 11.8 Å². The van der Waals surface area contributed by atoms with Crippen LogP contribution in [0.2, 0.25) is 5.02 Å². The number of methoxy groups -OCH3 is 2. The zero-order chi connectivity index (χ0) is 15.6. The summed E-state index contributed by atoms with van der Waals surface area (Å²) in [5.41, 5.74) is 6.27. The average Bonchev–Trinajstić information content (AvgIpc) is 2.49. The van der Waals surface area contributed by atoms with Crippen molar-refractivity contribution in [2.45, 2.75) is 5.38 Å². The first-order valence-electron chi connectivity index (χ1n) is 5.81. The van der Waals surface area contributed by atoms with E-state index >= 15 is 0 Å². The molecule has 2 N–H and O–H groups in total.